The maximum absolute atomic E-state index is 15.3. The number of hydrogen-bond donors (Lipinski definition) is 2. The molecule has 1 aliphatic rings. The molecule has 4 heterocycles. The first-order valence-corrected chi connectivity index (χ1v) is 16.1. The van der Waals surface area contributed by atoms with Gasteiger partial charge in [-0.1, -0.05) is 42.5 Å². The monoisotopic (exact) mass is 661 g/mol. The van der Waals surface area contributed by atoms with Gasteiger partial charge in [-0.25, -0.2) is 18.1 Å². The molecule has 7 rings (SSSR count). The number of ether oxygens (including phenoxy) is 1. The molecule has 0 bridgehead atoms. The maximum atomic E-state index is 15.3. The standard InChI is InChI=1S/C36H29F2N7O2S/c1-23-19-39-14-15-44(23)31-12-11-28(18-30(31)38)42-36-40-20-26-17-25(13-16-47-32-10-6-5-9-29(32)37)35(46)45(34(26)43-36)22-27-21-41-48-33(27)24-7-3-2-4-8-24/h2-12,17-18,20-21,23,39H,14-15,19,22H2,1H3,(H,40,42,43). The molecule has 0 saturated carbocycles. The molecule has 240 valence electrons. The van der Waals surface area contributed by atoms with E-state index in [1.807, 2.05) is 35.2 Å². The third kappa shape index (κ3) is 6.46. The Balaban J connectivity index is 1.25. The van der Waals surface area contributed by atoms with Crippen LogP contribution in [0.25, 0.3) is 21.5 Å². The van der Waals surface area contributed by atoms with Gasteiger partial charge in [-0.15, -0.1) is 0 Å². The number of halogens is 2. The highest BCUT2D eigenvalue weighted by Gasteiger charge is 2.21. The van der Waals surface area contributed by atoms with E-state index < -0.39 is 11.4 Å². The van der Waals surface area contributed by atoms with Crippen molar-refractivity contribution >= 4 is 39.9 Å². The minimum Gasteiger partial charge on any atom is -0.404 e. The molecule has 6 aromatic rings. The number of fused-ring (bicyclic) bond motifs is 1. The van der Waals surface area contributed by atoms with Crippen LogP contribution in [0.1, 0.15) is 18.1 Å². The van der Waals surface area contributed by atoms with Crippen LogP contribution < -0.4 is 25.8 Å². The van der Waals surface area contributed by atoms with Crippen molar-refractivity contribution < 1.29 is 13.5 Å². The van der Waals surface area contributed by atoms with E-state index in [1.165, 1.54) is 34.3 Å². The van der Waals surface area contributed by atoms with E-state index >= 15 is 4.39 Å². The number of aromatic nitrogens is 4. The van der Waals surface area contributed by atoms with Crippen LogP contribution in [0.15, 0.2) is 96.1 Å². The van der Waals surface area contributed by atoms with Gasteiger partial charge < -0.3 is 20.3 Å². The first kappa shape index (κ1) is 31.0. The first-order valence-electron chi connectivity index (χ1n) is 15.3. The summed E-state index contributed by atoms with van der Waals surface area (Å²) < 4.78 is 40.6. The zero-order valence-electron chi connectivity index (χ0n) is 25.8. The van der Waals surface area contributed by atoms with Crippen molar-refractivity contribution in [2.75, 3.05) is 29.9 Å². The third-order valence-corrected chi connectivity index (χ3v) is 8.92. The maximum Gasteiger partial charge on any atom is 0.268 e. The summed E-state index contributed by atoms with van der Waals surface area (Å²) in [6, 6.07) is 22.4. The number of anilines is 3. The largest absolute Gasteiger partial charge is 0.404 e. The van der Waals surface area contributed by atoms with E-state index in [1.54, 1.807) is 42.7 Å². The van der Waals surface area contributed by atoms with Crippen molar-refractivity contribution in [1.82, 2.24) is 24.2 Å². The zero-order chi connectivity index (χ0) is 33.0. The summed E-state index contributed by atoms with van der Waals surface area (Å²) >= 11 is 1.33. The lowest BCUT2D eigenvalue weighted by Crippen LogP contribution is -2.50. The average Bonchev–Trinajstić information content (AvgIpc) is 3.57. The van der Waals surface area contributed by atoms with E-state index in [0.29, 0.717) is 29.0 Å². The van der Waals surface area contributed by atoms with Crippen LogP contribution in [0, 0.1) is 23.7 Å². The number of pyridine rings is 1. The fraction of sp³-hybridized carbons (Fsp3) is 0.167. The average molecular weight is 662 g/mol. The highest BCUT2D eigenvalue weighted by atomic mass is 32.1. The molecule has 3 aromatic heterocycles. The van der Waals surface area contributed by atoms with Crippen LogP contribution >= 0.6 is 11.5 Å². The molecule has 1 atom stereocenters. The molecule has 1 unspecified atom stereocenters. The minimum absolute atomic E-state index is 0.0473. The number of benzene rings is 3. The Hall–Kier alpha value is -5.64. The normalized spacial score (nSPS) is 14.4. The van der Waals surface area contributed by atoms with Crippen molar-refractivity contribution in [3.8, 4) is 28.2 Å². The molecule has 2 N–H and O–H groups in total. The van der Waals surface area contributed by atoms with Crippen LogP contribution in [0.3, 0.4) is 0 Å². The highest BCUT2D eigenvalue weighted by molar-refractivity contribution is 7.09. The molecule has 1 saturated heterocycles. The number of piperazine rings is 1. The fourth-order valence-corrected chi connectivity index (χ4v) is 6.40. The van der Waals surface area contributed by atoms with Crippen molar-refractivity contribution in [2.24, 2.45) is 0 Å². The number of hydrogen-bond acceptors (Lipinski definition) is 9. The summed E-state index contributed by atoms with van der Waals surface area (Å²) in [5, 5.41) is 6.95. The van der Waals surface area contributed by atoms with Crippen LogP contribution in [0.5, 0.6) is 5.75 Å². The highest BCUT2D eigenvalue weighted by Crippen LogP contribution is 2.29. The quantitative estimate of drug-likeness (QED) is 0.196. The van der Waals surface area contributed by atoms with Crippen LogP contribution in [0.4, 0.5) is 26.1 Å². The second kappa shape index (κ2) is 13.6. The Morgan fingerprint density at radius 3 is 2.69 bits per heavy atom. The Morgan fingerprint density at radius 1 is 1.04 bits per heavy atom. The summed E-state index contributed by atoms with van der Waals surface area (Å²) in [5.41, 5.74) is 2.82. The molecule has 12 heteroatoms. The Morgan fingerprint density at radius 2 is 1.88 bits per heavy atom. The van der Waals surface area contributed by atoms with Crippen molar-refractivity contribution in [3.63, 3.8) is 0 Å². The lowest BCUT2D eigenvalue weighted by Gasteiger charge is -2.36. The second-order valence-corrected chi connectivity index (χ2v) is 12.1. The van der Waals surface area contributed by atoms with Gasteiger partial charge in [0.1, 0.15) is 17.6 Å². The van der Waals surface area contributed by atoms with Gasteiger partial charge in [0, 0.05) is 54.7 Å². The smallest absolute Gasteiger partial charge is 0.268 e. The summed E-state index contributed by atoms with van der Waals surface area (Å²) in [5.74, 6) is 1.95. The SMILES string of the molecule is CC1CNCCN1c1ccc(Nc2ncc3cc(C#COc4ccccc4F)c(=O)n(Cc4cnsc4-c4ccccc4)c3n2)cc1F. The fourth-order valence-electron chi connectivity index (χ4n) is 5.63. The molecule has 9 nitrogen and oxygen atoms in total. The molecular formula is C36H29F2N7O2S. The predicted molar refractivity (Wildman–Crippen MR) is 184 cm³/mol. The van der Waals surface area contributed by atoms with Gasteiger partial charge in [0.25, 0.3) is 5.56 Å². The molecule has 1 aliphatic heterocycles. The van der Waals surface area contributed by atoms with E-state index in [9.17, 15) is 9.18 Å². The molecule has 1 fully saturated rings. The van der Waals surface area contributed by atoms with Gasteiger partial charge in [-0.05, 0) is 66.3 Å². The zero-order valence-corrected chi connectivity index (χ0v) is 26.6. The van der Waals surface area contributed by atoms with Crippen LogP contribution in [-0.4, -0.2) is 44.6 Å². The Kier molecular flexibility index (Phi) is 8.78. The Labute approximate surface area is 279 Å². The number of nitrogens with zero attached hydrogens (tertiary/aromatic N) is 5. The van der Waals surface area contributed by atoms with Gasteiger partial charge in [0.2, 0.25) is 5.95 Å². The van der Waals surface area contributed by atoms with Crippen molar-refractivity contribution in [3.05, 3.63) is 124 Å². The van der Waals surface area contributed by atoms with E-state index in [-0.39, 0.29) is 35.7 Å². The molecule has 0 aliphatic carbocycles. The number of rotatable bonds is 7. The van der Waals surface area contributed by atoms with E-state index in [0.717, 1.165) is 29.1 Å². The summed E-state index contributed by atoms with van der Waals surface area (Å²) in [4.78, 5) is 26.1. The van der Waals surface area contributed by atoms with Crippen LogP contribution in [-0.2, 0) is 6.54 Å². The Bertz CT molecular complexity index is 2230. The molecule has 0 amide bonds. The first-order chi connectivity index (χ1) is 23.4. The predicted octanol–water partition coefficient (Wildman–Crippen LogP) is 6.17. The minimum atomic E-state index is -0.567. The number of nitrogens with one attached hydrogen (secondary N) is 2. The van der Waals surface area contributed by atoms with Gasteiger partial charge >= 0.3 is 0 Å². The van der Waals surface area contributed by atoms with Gasteiger partial charge in [-0.3, -0.25) is 9.36 Å². The van der Waals surface area contributed by atoms with Gasteiger partial charge in [-0.2, -0.15) is 4.98 Å². The van der Waals surface area contributed by atoms with Gasteiger partial charge in [0.05, 0.1) is 22.7 Å². The molecule has 0 radical (unpaired) electrons. The van der Waals surface area contributed by atoms with Crippen LogP contribution in [0.2, 0.25) is 0 Å². The van der Waals surface area contributed by atoms with E-state index in [4.69, 9.17) is 9.72 Å². The second-order valence-electron chi connectivity index (χ2n) is 11.3. The van der Waals surface area contributed by atoms with Crippen molar-refractivity contribution in [1.29, 1.82) is 0 Å². The molecule has 0 spiro atoms. The van der Waals surface area contributed by atoms with Gasteiger partial charge in [0.15, 0.2) is 11.6 Å². The van der Waals surface area contributed by atoms with E-state index in [2.05, 4.69) is 38.9 Å². The van der Waals surface area contributed by atoms with Crippen molar-refractivity contribution in [2.45, 2.75) is 19.5 Å². The summed E-state index contributed by atoms with van der Waals surface area (Å²) in [7, 11) is 0. The molecule has 3 aromatic carbocycles. The summed E-state index contributed by atoms with van der Waals surface area (Å²) in [6.45, 7) is 4.48. The lowest BCUT2D eigenvalue weighted by molar-refractivity contribution is 0.469. The lowest BCUT2D eigenvalue weighted by atomic mass is 10.1. The third-order valence-electron chi connectivity index (χ3n) is 8.03. The topological polar surface area (TPSA) is 97.2 Å². The number of para-hydroxylation sites is 1. The molecule has 48 heavy (non-hydrogen) atoms. The molecular weight excluding hydrogens is 633 g/mol. The summed E-state index contributed by atoms with van der Waals surface area (Å²) in [6.07, 6.45) is 5.76.